The summed E-state index contributed by atoms with van der Waals surface area (Å²) in [5.74, 6) is 0.723. The molecule has 0 nitrogen and oxygen atoms in total. The van der Waals surface area contributed by atoms with E-state index in [1.54, 1.807) is 0 Å². The summed E-state index contributed by atoms with van der Waals surface area (Å²) in [6.07, 6.45) is 3.48. The molecule has 132 valence electrons. The minimum atomic E-state index is 0.356. The van der Waals surface area contributed by atoms with Crippen LogP contribution in [0.2, 0.25) is 0 Å². The van der Waals surface area contributed by atoms with Crippen molar-refractivity contribution < 1.29 is 0 Å². The zero-order valence-corrected chi connectivity index (χ0v) is 15.9. The summed E-state index contributed by atoms with van der Waals surface area (Å²) < 4.78 is 0. The molecule has 0 aliphatic heterocycles. The van der Waals surface area contributed by atoms with Gasteiger partial charge in [0.2, 0.25) is 0 Å². The lowest BCUT2D eigenvalue weighted by Gasteiger charge is -2.29. The van der Waals surface area contributed by atoms with Gasteiger partial charge < -0.3 is 0 Å². The van der Waals surface area contributed by atoms with E-state index < -0.39 is 0 Å². The number of hydrogen-bond donors (Lipinski definition) is 0. The molecule has 0 N–H and O–H groups in total. The molecule has 0 saturated heterocycles. The summed E-state index contributed by atoms with van der Waals surface area (Å²) in [5, 5.41) is 0. The van der Waals surface area contributed by atoms with Crippen LogP contribution in [0.1, 0.15) is 48.8 Å². The van der Waals surface area contributed by atoms with Gasteiger partial charge in [0.05, 0.1) is 0 Å². The molecule has 0 heterocycles. The average molecular weight is 348 g/mol. The highest BCUT2D eigenvalue weighted by atomic mass is 14.4. The molecule has 0 bridgehead atoms. The highest BCUT2D eigenvalue weighted by molar-refractivity contribution is 5.80. The summed E-state index contributed by atoms with van der Waals surface area (Å²) in [4.78, 5) is 0. The van der Waals surface area contributed by atoms with E-state index in [1.165, 1.54) is 44.5 Å². The third-order valence-corrected chi connectivity index (χ3v) is 6.28. The molecular formula is C27H24. The van der Waals surface area contributed by atoms with E-state index in [0.717, 1.165) is 6.42 Å². The highest BCUT2D eigenvalue weighted by Gasteiger charge is 2.38. The average Bonchev–Trinajstić information content (AvgIpc) is 3.22. The number of hydrogen-bond acceptors (Lipinski definition) is 0. The molecule has 3 aromatic rings. The first-order valence-corrected chi connectivity index (χ1v) is 9.85. The van der Waals surface area contributed by atoms with Crippen LogP contribution in [0, 0.1) is 0 Å². The van der Waals surface area contributed by atoms with Gasteiger partial charge in [-0.25, -0.2) is 0 Å². The van der Waals surface area contributed by atoms with Crippen LogP contribution in [0.25, 0.3) is 11.1 Å². The van der Waals surface area contributed by atoms with E-state index in [9.17, 15) is 0 Å². The summed E-state index contributed by atoms with van der Waals surface area (Å²) in [6, 6.07) is 29.1. The molecule has 0 aromatic heterocycles. The van der Waals surface area contributed by atoms with Crippen molar-refractivity contribution in [3.05, 3.63) is 118 Å². The standard InChI is InChI=1S/C27H24/c1-18-16-17-19(2)25(18)26(20-10-4-3-5-11-20)27-23-14-8-6-12-21(23)22-13-7-9-15-24(22)27/h3-16,26-27H,17H2,1-2H3. The molecule has 1 unspecified atom stereocenters. The van der Waals surface area contributed by atoms with Crippen molar-refractivity contribution in [2.75, 3.05) is 0 Å². The third-order valence-electron chi connectivity index (χ3n) is 6.28. The molecule has 0 amide bonds. The van der Waals surface area contributed by atoms with E-state index in [0.29, 0.717) is 11.8 Å². The Morgan fingerprint density at radius 3 is 1.81 bits per heavy atom. The van der Waals surface area contributed by atoms with E-state index in [4.69, 9.17) is 0 Å². The third kappa shape index (κ3) is 2.51. The Labute approximate surface area is 161 Å². The van der Waals surface area contributed by atoms with Gasteiger partial charge in [0.25, 0.3) is 0 Å². The van der Waals surface area contributed by atoms with Crippen LogP contribution in [0.5, 0.6) is 0 Å². The number of allylic oxidation sites excluding steroid dienone is 4. The quantitative estimate of drug-likeness (QED) is 0.467. The van der Waals surface area contributed by atoms with Crippen LogP contribution in [-0.2, 0) is 0 Å². The molecule has 0 fully saturated rings. The number of fused-ring (bicyclic) bond motifs is 3. The SMILES string of the molecule is CC1=CCC(C)=C1C(c1ccccc1)C1c2ccccc2-c2ccccc21. The van der Waals surface area contributed by atoms with Crippen molar-refractivity contribution >= 4 is 0 Å². The van der Waals surface area contributed by atoms with Gasteiger partial charge in [-0.05, 0) is 53.7 Å². The second-order valence-corrected chi connectivity index (χ2v) is 7.83. The normalized spacial score (nSPS) is 16.9. The second-order valence-electron chi connectivity index (χ2n) is 7.83. The molecular weight excluding hydrogens is 324 g/mol. The first-order valence-electron chi connectivity index (χ1n) is 9.85. The smallest absolute Gasteiger partial charge is 0.0211 e. The molecule has 0 saturated carbocycles. The Morgan fingerprint density at radius 2 is 1.26 bits per heavy atom. The van der Waals surface area contributed by atoms with Gasteiger partial charge in [-0.3, -0.25) is 0 Å². The maximum Gasteiger partial charge on any atom is 0.0211 e. The van der Waals surface area contributed by atoms with Gasteiger partial charge in [-0.1, -0.05) is 96.1 Å². The lowest BCUT2D eigenvalue weighted by Crippen LogP contribution is -2.14. The Balaban J connectivity index is 1.79. The largest absolute Gasteiger partial charge is 0.0772 e. The molecule has 27 heavy (non-hydrogen) atoms. The molecule has 2 aliphatic rings. The molecule has 0 spiro atoms. The summed E-state index contributed by atoms with van der Waals surface area (Å²) in [6.45, 7) is 4.60. The zero-order valence-electron chi connectivity index (χ0n) is 15.9. The first-order chi connectivity index (χ1) is 13.3. The molecule has 1 atom stereocenters. The Kier molecular flexibility index (Phi) is 3.86. The molecule has 0 radical (unpaired) electrons. The van der Waals surface area contributed by atoms with E-state index in [-0.39, 0.29) is 0 Å². The lowest BCUT2D eigenvalue weighted by atomic mass is 9.73. The van der Waals surface area contributed by atoms with Gasteiger partial charge in [0.1, 0.15) is 0 Å². The second kappa shape index (κ2) is 6.39. The maximum absolute atomic E-state index is 2.40. The van der Waals surface area contributed by atoms with Crippen molar-refractivity contribution in [1.29, 1.82) is 0 Å². The molecule has 5 rings (SSSR count). The summed E-state index contributed by atoms with van der Waals surface area (Å²) >= 11 is 0. The first kappa shape index (κ1) is 16.3. The van der Waals surface area contributed by atoms with E-state index in [1.807, 2.05) is 0 Å². The lowest BCUT2D eigenvalue weighted by molar-refractivity contribution is 0.696. The van der Waals surface area contributed by atoms with Crippen molar-refractivity contribution in [2.24, 2.45) is 0 Å². The van der Waals surface area contributed by atoms with Gasteiger partial charge in [-0.15, -0.1) is 0 Å². The van der Waals surface area contributed by atoms with Gasteiger partial charge in [0.15, 0.2) is 0 Å². The predicted molar refractivity (Wildman–Crippen MR) is 114 cm³/mol. The van der Waals surface area contributed by atoms with Crippen LogP contribution >= 0.6 is 0 Å². The van der Waals surface area contributed by atoms with Crippen molar-refractivity contribution in [1.82, 2.24) is 0 Å². The van der Waals surface area contributed by atoms with E-state index >= 15 is 0 Å². The van der Waals surface area contributed by atoms with Crippen LogP contribution in [0.3, 0.4) is 0 Å². The van der Waals surface area contributed by atoms with Crippen LogP contribution in [0.15, 0.2) is 102 Å². The van der Waals surface area contributed by atoms with Crippen LogP contribution in [-0.4, -0.2) is 0 Å². The van der Waals surface area contributed by atoms with Gasteiger partial charge >= 0.3 is 0 Å². The van der Waals surface area contributed by atoms with Gasteiger partial charge in [-0.2, -0.15) is 0 Å². The monoisotopic (exact) mass is 348 g/mol. The predicted octanol–water partition coefficient (Wildman–Crippen LogP) is 7.25. The van der Waals surface area contributed by atoms with E-state index in [2.05, 4.69) is 98.8 Å². The fourth-order valence-corrected chi connectivity index (χ4v) is 5.11. The van der Waals surface area contributed by atoms with Crippen molar-refractivity contribution in [3.8, 4) is 11.1 Å². The summed E-state index contributed by atoms with van der Waals surface area (Å²) in [7, 11) is 0. The minimum Gasteiger partial charge on any atom is -0.0772 e. The van der Waals surface area contributed by atoms with Crippen molar-refractivity contribution in [2.45, 2.75) is 32.1 Å². The Hall–Kier alpha value is -2.86. The molecule has 3 aromatic carbocycles. The maximum atomic E-state index is 2.40. The molecule has 0 heteroatoms. The number of rotatable bonds is 3. The Bertz CT molecular complexity index is 1020. The fourth-order valence-electron chi connectivity index (χ4n) is 5.11. The minimum absolute atomic E-state index is 0.356. The number of benzene rings is 3. The van der Waals surface area contributed by atoms with Crippen molar-refractivity contribution in [3.63, 3.8) is 0 Å². The topological polar surface area (TPSA) is 0 Å². The van der Waals surface area contributed by atoms with Gasteiger partial charge in [0, 0.05) is 11.8 Å². The Morgan fingerprint density at radius 1 is 0.704 bits per heavy atom. The highest BCUT2D eigenvalue weighted by Crippen LogP contribution is 2.55. The zero-order chi connectivity index (χ0) is 18.4. The van der Waals surface area contributed by atoms with Crippen LogP contribution in [0.4, 0.5) is 0 Å². The van der Waals surface area contributed by atoms with Crippen LogP contribution < -0.4 is 0 Å². The summed E-state index contributed by atoms with van der Waals surface area (Å²) in [5.41, 5.74) is 11.6. The fraction of sp³-hybridized carbons (Fsp3) is 0.185. The molecule has 2 aliphatic carbocycles.